The first kappa shape index (κ1) is 22.4. The van der Waals surface area contributed by atoms with Crippen molar-refractivity contribution in [2.75, 3.05) is 6.61 Å². The molecular formula is C5H12Na2O2. The van der Waals surface area contributed by atoms with Crippen LogP contribution in [0.15, 0.2) is 0 Å². The summed E-state index contributed by atoms with van der Waals surface area (Å²) in [6, 6.07) is 0. The van der Waals surface area contributed by atoms with E-state index in [1.165, 1.54) is 0 Å². The van der Waals surface area contributed by atoms with E-state index >= 15 is 0 Å². The summed E-state index contributed by atoms with van der Waals surface area (Å²) in [5.41, 5.74) is 0. The minimum absolute atomic E-state index is 0. The van der Waals surface area contributed by atoms with Gasteiger partial charge in [-0.2, -0.15) is 0 Å². The second-order valence-electron chi connectivity index (χ2n) is 1.34. The Labute approximate surface area is 102 Å². The van der Waals surface area contributed by atoms with Gasteiger partial charge in [-0.1, -0.05) is 20.8 Å². The van der Waals surface area contributed by atoms with E-state index in [1.54, 1.807) is 20.8 Å². The molecule has 0 unspecified atom stereocenters. The molecule has 46 valence electrons. The first-order valence-corrected chi connectivity index (χ1v) is 2.39. The molecule has 0 rings (SSSR count). The zero-order valence-electron chi connectivity index (χ0n) is 7.10. The van der Waals surface area contributed by atoms with Crippen LogP contribution in [0.3, 0.4) is 0 Å². The number of hydrogen-bond donors (Lipinski definition) is 0. The fraction of sp³-hybridized carbons (Fsp3) is 1.00. The third kappa shape index (κ3) is 169. The van der Waals surface area contributed by atoms with Gasteiger partial charge in [0.1, 0.15) is 0 Å². The first-order valence-electron chi connectivity index (χ1n) is 2.39. The Morgan fingerprint density at radius 3 is 1.22 bits per heavy atom. The smallest absolute Gasteiger partial charge is 0.855 e. The molecule has 0 aliphatic rings. The van der Waals surface area contributed by atoms with Crippen LogP contribution in [0, 0.1) is 0 Å². The molecule has 0 saturated carbocycles. The van der Waals surface area contributed by atoms with Crippen LogP contribution in [0.2, 0.25) is 0 Å². The van der Waals surface area contributed by atoms with E-state index in [0.717, 1.165) is 0 Å². The third-order valence-corrected chi connectivity index (χ3v) is 0. The van der Waals surface area contributed by atoms with Crippen LogP contribution in [0.25, 0.3) is 0 Å². The predicted octanol–water partition coefficient (Wildman–Crippen LogP) is -6.87. The third-order valence-electron chi connectivity index (χ3n) is 0. The summed E-state index contributed by atoms with van der Waals surface area (Å²) in [6.07, 6.45) is -0.417. The first-order chi connectivity index (χ1) is 3.15. The molecular weight excluding hydrogens is 138 g/mol. The van der Waals surface area contributed by atoms with Crippen molar-refractivity contribution in [1.82, 2.24) is 0 Å². The quantitative estimate of drug-likeness (QED) is 0.322. The van der Waals surface area contributed by atoms with Crippen LogP contribution in [0.5, 0.6) is 0 Å². The van der Waals surface area contributed by atoms with Gasteiger partial charge in [0.15, 0.2) is 0 Å². The monoisotopic (exact) mass is 150 g/mol. The van der Waals surface area contributed by atoms with Gasteiger partial charge in [-0.05, 0) is 0 Å². The second kappa shape index (κ2) is 22.5. The van der Waals surface area contributed by atoms with E-state index in [1.807, 2.05) is 0 Å². The molecule has 0 atom stereocenters. The maximum Gasteiger partial charge on any atom is 1.00 e. The van der Waals surface area contributed by atoms with Crippen molar-refractivity contribution in [3.63, 3.8) is 0 Å². The summed E-state index contributed by atoms with van der Waals surface area (Å²) in [4.78, 5) is 0. The fourth-order valence-electron chi connectivity index (χ4n) is 0. The average Bonchev–Trinajstić information content (AvgIpc) is 1.33. The zero-order chi connectivity index (χ0) is 6.28. The van der Waals surface area contributed by atoms with Crippen molar-refractivity contribution < 1.29 is 69.3 Å². The van der Waals surface area contributed by atoms with Gasteiger partial charge in [0.05, 0.1) is 0 Å². The zero-order valence-corrected chi connectivity index (χ0v) is 11.1. The van der Waals surface area contributed by atoms with Gasteiger partial charge in [-0.25, -0.2) is 0 Å². The molecule has 0 amide bonds. The molecule has 0 aliphatic heterocycles. The van der Waals surface area contributed by atoms with Crippen molar-refractivity contribution in [1.29, 1.82) is 0 Å². The molecule has 0 radical (unpaired) electrons. The van der Waals surface area contributed by atoms with E-state index in [9.17, 15) is 5.11 Å². The Morgan fingerprint density at radius 2 is 1.22 bits per heavy atom. The summed E-state index contributed by atoms with van der Waals surface area (Å²) in [5, 5.41) is 18.5. The van der Waals surface area contributed by atoms with E-state index in [4.69, 9.17) is 5.11 Å². The Hall–Kier alpha value is 1.92. The van der Waals surface area contributed by atoms with Gasteiger partial charge < -0.3 is 10.2 Å². The molecule has 0 N–H and O–H groups in total. The van der Waals surface area contributed by atoms with Crippen LogP contribution in [-0.2, 0) is 0 Å². The van der Waals surface area contributed by atoms with Crippen molar-refractivity contribution >= 4 is 0 Å². The van der Waals surface area contributed by atoms with Crippen molar-refractivity contribution in [2.24, 2.45) is 0 Å². The summed E-state index contributed by atoms with van der Waals surface area (Å²) >= 11 is 0. The van der Waals surface area contributed by atoms with E-state index in [0.29, 0.717) is 0 Å². The maximum absolute atomic E-state index is 9.53. The van der Waals surface area contributed by atoms with E-state index in [2.05, 4.69) is 0 Å². The largest absolute Gasteiger partial charge is 1.00 e. The molecule has 9 heavy (non-hydrogen) atoms. The van der Waals surface area contributed by atoms with E-state index < -0.39 is 6.10 Å². The van der Waals surface area contributed by atoms with Gasteiger partial charge in [0.2, 0.25) is 0 Å². The molecule has 0 aliphatic carbocycles. The maximum atomic E-state index is 9.53. The van der Waals surface area contributed by atoms with Gasteiger partial charge in [-0.3, -0.25) is 0 Å². The molecule has 0 aromatic carbocycles. The van der Waals surface area contributed by atoms with Crippen LogP contribution in [0.4, 0.5) is 0 Å². The van der Waals surface area contributed by atoms with Gasteiger partial charge in [-0.15, -0.1) is 12.7 Å². The van der Waals surface area contributed by atoms with Crippen LogP contribution >= 0.6 is 0 Å². The van der Waals surface area contributed by atoms with Crippen molar-refractivity contribution in [3.8, 4) is 0 Å². The minimum atomic E-state index is -0.417. The number of hydrogen-bond acceptors (Lipinski definition) is 2. The molecule has 4 heteroatoms. The normalized spacial score (nSPS) is 6.00. The Bertz CT molecular complexity index is 24.2. The van der Waals surface area contributed by atoms with Gasteiger partial charge in [0.25, 0.3) is 0 Å². The Balaban J connectivity index is -0.0000000233. The Morgan fingerprint density at radius 1 is 1.22 bits per heavy atom. The second-order valence-corrected chi connectivity index (χ2v) is 1.34. The number of rotatable bonds is 0. The van der Waals surface area contributed by atoms with Crippen LogP contribution in [-0.4, -0.2) is 12.7 Å². The Kier molecular flexibility index (Phi) is 56.2. The molecule has 0 spiro atoms. The summed E-state index contributed by atoms with van der Waals surface area (Å²) in [7, 11) is 0. The van der Waals surface area contributed by atoms with Crippen molar-refractivity contribution in [3.05, 3.63) is 0 Å². The molecule has 0 aromatic rings. The average molecular weight is 150 g/mol. The predicted molar refractivity (Wildman–Crippen MR) is 25.7 cm³/mol. The van der Waals surface area contributed by atoms with Gasteiger partial charge >= 0.3 is 59.1 Å². The molecule has 0 heterocycles. The molecule has 2 nitrogen and oxygen atoms in total. The fourth-order valence-corrected chi connectivity index (χ4v) is 0. The summed E-state index contributed by atoms with van der Waals surface area (Å²) in [6.45, 7) is 4.79. The van der Waals surface area contributed by atoms with Crippen LogP contribution in [0.1, 0.15) is 20.8 Å². The molecule has 0 saturated heterocycles. The summed E-state index contributed by atoms with van der Waals surface area (Å²) < 4.78 is 0. The van der Waals surface area contributed by atoms with Gasteiger partial charge in [0, 0.05) is 0 Å². The molecule has 0 aromatic heterocycles. The minimum Gasteiger partial charge on any atom is -0.855 e. The summed E-state index contributed by atoms with van der Waals surface area (Å²) in [5.74, 6) is 0. The van der Waals surface area contributed by atoms with Crippen molar-refractivity contribution in [2.45, 2.75) is 26.9 Å². The van der Waals surface area contributed by atoms with Crippen LogP contribution < -0.4 is 69.3 Å². The molecule has 0 bridgehead atoms. The SMILES string of the molecule is CC(C)[O-].CC[O-].[Na+].[Na+]. The topological polar surface area (TPSA) is 46.1 Å². The molecule has 0 fully saturated rings. The van der Waals surface area contributed by atoms with E-state index in [-0.39, 0.29) is 65.7 Å². The standard InChI is InChI=1S/C3H7O.C2H5O.2Na/c1-3(2)4;1-2-3;;/h3H,1-2H3;2H2,1H3;;/q2*-1;2*+1.